The van der Waals surface area contributed by atoms with Crippen molar-refractivity contribution in [1.29, 1.82) is 0 Å². The molecule has 3 N–H and O–H groups in total. The first-order chi connectivity index (χ1) is 16.3. The Balaban J connectivity index is 1.49. The predicted molar refractivity (Wildman–Crippen MR) is 123 cm³/mol. The quantitative estimate of drug-likeness (QED) is 0.402. The number of nitrogens with two attached hydrogens (primary N) is 1. The number of terminal acetylenes is 1. The topological polar surface area (TPSA) is 111 Å². The highest BCUT2D eigenvalue weighted by molar-refractivity contribution is 8.15. The summed E-state index contributed by atoms with van der Waals surface area (Å²) >= 11 is 0.861. The molecule has 0 radical (unpaired) electrons. The third-order valence-corrected chi connectivity index (χ3v) is 7.34. The van der Waals surface area contributed by atoms with Gasteiger partial charge >= 0.3 is 0 Å². The van der Waals surface area contributed by atoms with Crippen LogP contribution in [-0.4, -0.2) is 42.9 Å². The highest BCUT2D eigenvalue weighted by atomic mass is 32.2. The Morgan fingerprint density at radius 3 is 2.94 bits per heavy atom. The summed E-state index contributed by atoms with van der Waals surface area (Å²) in [4.78, 5) is 21.2. The summed E-state index contributed by atoms with van der Waals surface area (Å²) in [7, 11) is 0. The second kappa shape index (κ2) is 8.02. The Labute approximate surface area is 196 Å². The van der Waals surface area contributed by atoms with E-state index in [4.69, 9.17) is 16.9 Å². The number of ether oxygens (including phenoxy) is 1. The number of aromatic nitrogens is 4. The molecule has 1 aliphatic heterocycles. The molecule has 1 aliphatic carbocycles. The van der Waals surface area contributed by atoms with E-state index in [1.807, 2.05) is 0 Å². The van der Waals surface area contributed by atoms with Crippen LogP contribution in [0.15, 0.2) is 35.7 Å². The van der Waals surface area contributed by atoms with Crippen LogP contribution in [0, 0.1) is 24.2 Å². The van der Waals surface area contributed by atoms with E-state index in [1.165, 1.54) is 24.7 Å². The molecule has 1 fully saturated rings. The molecule has 12 heteroatoms. The normalized spacial score (nSPS) is 25.4. The lowest BCUT2D eigenvalue weighted by molar-refractivity contribution is 0.123. The third-order valence-electron chi connectivity index (χ3n) is 6.03. The van der Waals surface area contributed by atoms with E-state index < -0.39 is 28.6 Å². The Morgan fingerprint density at radius 2 is 2.18 bits per heavy atom. The highest BCUT2D eigenvalue weighted by Gasteiger charge is 2.71. The van der Waals surface area contributed by atoms with Gasteiger partial charge in [-0.1, -0.05) is 17.7 Å². The molecular formula is C22H18F3N7OS. The molecular weight excluding hydrogens is 467 g/mol. The molecule has 0 bridgehead atoms. The first kappa shape index (κ1) is 22.2. The first-order valence-corrected chi connectivity index (χ1v) is 11.0. The Bertz CT molecular complexity index is 1360. The van der Waals surface area contributed by atoms with E-state index in [0.29, 0.717) is 22.5 Å². The Kier molecular flexibility index (Phi) is 5.24. The van der Waals surface area contributed by atoms with Gasteiger partial charge in [0.2, 0.25) is 11.8 Å². The lowest BCUT2D eigenvalue weighted by Gasteiger charge is -2.33. The Hall–Kier alpha value is -3.59. The van der Waals surface area contributed by atoms with Crippen molar-refractivity contribution >= 4 is 39.5 Å². The van der Waals surface area contributed by atoms with Crippen molar-refractivity contribution in [3.63, 3.8) is 0 Å². The smallest absolute Gasteiger partial charge is 0.253 e. The summed E-state index contributed by atoms with van der Waals surface area (Å²) in [5.74, 6) is 1.58. The van der Waals surface area contributed by atoms with Gasteiger partial charge in [-0.25, -0.2) is 28.7 Å². The monoisotopic (exact) mass is 485 g/mol. The van der Waals surface area contributed by atoms with Crippen LogP contribution in [0.4, 0.5) is 24.7 Å². The molecule has 3 aromatic heterocycles. The van der Waals surface area contributed by atoms with Crippen molar-refractivity contribution in [3.8, 4) is 18.2 Å². The van der Waals surface area contributed by atoms with Gasteiger partial charge in [0.05, 0.1) is 33.9 Å². The number of alkyl halides is 2. The Morgan fingerprint density at radius 1 is 1.35 bits per heavy atom. The minimum Gasteiger partial charge on any atom is -0.463 e. The molecule has 4 heterocycles. The predicted octanol–water partition coefficient (Wildman–Crippen LogP) is 3.62. The molecule has 0 unspecified atom stereocenters. The SMILES string of the molecule is C#CCOc1cnc2c(Nc3cnc(F)c([C@@]4(C)N=C(N)S[C@@]5(C(F)F)C[C@@H]45)c3)nccc2n1. The number of halogens is 3. The zero-order valence-corrected chi connectivity index (χ0v) is 18.6. The number of anilines is 2. The standard InChI is InChI=1S/C22H18F3N7OS/c1-3-6-33-15-10-28-16-13(31-15)4-5-27-18(16)30-11-7-12(17(23)29-9-11)21(2)14-8-22(14,19(24)25)34-20(26)32-21/h1,4-5,7,9-10,14,19H,6,8H2,2H3,(H2,26,32)(H,27,30)/t14-,21+,22-/m0/s1. The molecule has 0 aromatic carbocycles. The van der Waals surface area contributed by atoms with E-state index in [9.17, 15) is 13.2 Å². The number of rotatable bonds is 6. The second-order valence-corrected chi connectivity index (χ2v) is 9.51. The van der Waals surface area contributed by atoms with Gasteiger partial charge in [-0.3, -0.25) is 4.99 Å². The number of nitrogens with zero attached hydrogens (tertiary/aromatic N) is 5. The zero-order valence-electron chi connectivity index (χ0n) is 17.8. The van der Waals surface area contributed by atoms with Crippen molar-refractivity contribution in [2.24, 2.45) is 16.6 Å². The van der Waals surface area contributed by atoms with Crippen molar-refractivity contribution in [2.45, 2.75) is 30.1 Å². The fraction of sp³-hybridized carbons (Fsp3) is 0.318. The van der Waals surface area contributed by atoms with Crippen LogP contribution in [0.5, 0.6) is 5.88 Å². The molecule has 1 saturated carbocycles. The molecule has 34 heavy (non-hydrogen) atoms. The number of hydrogen-bond acceptors (Lipinski definition) is 9. The fourth-order valence-electron chi connectivity index (χ4n) is 4.32. The van der Waals surface area contributed by atoms with Crippen LogP contribution in [0.3, 0.4) is 0 Å². The summed E-state index contributed by atoms with van der Waals surface area (Å²) in [5, 5.41) is 3.06. The van der Waals surface area contributed by atoms with Gasteiger partial charge in [-0.05, 0) is 25.5 Å². The third kappa shape index (κ3) is 3.56. The molecule has 3 aromatic rings. The molecule has 0 saturated heterocycles. The van der Waals surface area contributed by atoms with Crippen LogP contribution in [0.25, 0.3) is 11.0 Å². The maximum Gasteiger partial charge on any atom is 0.253 e. The van der Waals surface area contributed by atoms with Crippen LogP contribution in [0.2, 0.25) is 0 Å². The number of pyridine rings is 2. The molecule has 5 rings (SSSR count). The fourth-order valence-corrected chi connectivity index (χ4v) is 5.65. The van der Waals surface area contributed by atoms with Gasteiger partial charge in [0.1, 0.15) is 5.52 Å². The minimum absolute atomic E-state index is 0.00293. The van der Waals surface area contributed by atoms with Gasteiger partial charge in [0.25, 0.3) is 6.43 Å². The van der Waals surface area contributed by atoms with Crippen LogP contribution in [-0.2, 0) is 5.54 Å². The minimum atomic E-state index is -2.61. The van der Waals surface area contributed by atoms with Crippen LogP contribution < -0.4 is 15.8 Å². The molecule has 3 atom stereocenters. The van der Waals surface area contributed by atoms with Gasteiger partial charge in [-0.2, -0.15) is 4.39 Å². The van der Waals surface area contributed by atoms with Crippen molar-refractivity contribution in [2.75, 3.05) is 11.9 Å². The number of hydrogen-bond donors (Lipinski definition) is 2. The first-order valence-electron chi connectivity index (χ1n) is 10.2. The summed E-state index contributed by atoms with van der Waals surface area (Å²) in [5.41, 5.74) is 5.98. The highest BCUT2D eigenvalue weighted by Crippen LogP contribution is 2.68. The van der Waals surface area contributed by atoms with E-state index in [0.717, 1.165) is 11.8 Å². The van der Waals surface area contributed by atoms with E-state index >= 15 is 0 Å². The summed E-state index contributed by atoms with van der Waals surface area (Å²) in [6.45, 7) is 1.66. The number of fused-ring (bicyclic) bond motifs is 2. The van der Waals surface area contributed by atoms with E-state index in [-0.39, 0.29) is 29.6 Å². The van der Waals surface area contributed by atoms with Crippen molar-refractivity contribution in [3.05, 3.63) is 42.2 Å². The molecule has 0 amide bonds. The van der Waals surface area contributed by atoms with Gasteiger partial charge in [-0.15, -0.1) is 6.42 Å². The van der Waals surface area contributed by atoms with Crippen molar-refractivity contribution < 1.29 is 17.9 Å². The molecule has 2 aliphatic rings. The van der Waals surface area contributed by atoms with Crippen molar-refractivity contribution in [1.82, 2.24) is 19.9 Å². The summed E-state index contributed by atoms with van der Waals surface area (Å²) in [6, 6.07) is 3.14. The maximum absolute atomic E-state index is 14.9. The van der Waals surface area contributed by atoms with Crippen LogP contribution in [0.1, 0.15) is 18.9 Å². The second-order valence-electron chi connectivity index (χ2n) is 8.13. The zero-order chi connectivity index (χ0) is 24.1. The van der Waals surface area contributed by atoms with Gasteiger partial charge in [0, 0.05) is 17.7 Å². The molecule has 0 spiro atoms. The van der Waals surface area contributed by atoms with Crippen LogP contribution >= 0.6 is 11.8 Å². The van der Waals surface area contributed by atoms with E-state index in [1.54, 1.807) is 13.0 Å². The number of aliphatic imine (C=N–C) groups is 1. The van der Waals surface area contributed by atoms with Gasteiger partial charge < -0.3 is 15.8 Å². The average molecular weight is 485 g/mol. The van der Waals surface area contributed by atoms with Gasteiger partial charge in [0.15, 0.2) is 17.6 Å². The number of thioether (sulfide) groups is 1. The maximum atomic E-state index is 14.9. The lowest BCUT2D eigenvalue weighted by atomic mass is 9.86. The largest absolute Gasteiger partial charge is 0.463 e. The molecule has 8 nitrogen and oxygen atoms in total. The lowest BCUT2D eigenvalue weighted by Crippen LogP contribution is -2.39. The summed E-state index contributed by atoms with van der Waals surface area (Å²) < 4.78 is 46.4. The average Bonchev–Trinajstić information content (AvgIpc) is 3.56. The number of nitrogens with one attached hydrogen (secondary N) is 1. The summed E-state index contributed by atoms with van der Waals surface area (Å²) in [6.07, 6.45) is 6.98. The molecule has 174 valence electrons. The van der Waals surface area contributed by atoms with E-state index in [2.05, 4.69) is 36.2 Å². The number of amidine groups is 1.